The minimum Gasteiger partial charge on any atom is -0.194 e. The van der Waals surface area contributed by atoms with Crippen molar-refractivity contribution in [2.45, 2.75) is 17.8 Å². The van der Waals surface area contributed by atoms with E-state index >= 15 is 0 Å². The van der Waals surface area contributed by atoms with Crippen LogP contribution in [0.1, 0.15) is 11.1 Å². The van der Waals surface area contributed by atoms with Gasteiger partial charge in [0.25, 0.3) is 0 Å². The quantitative estimate of drug-likeness (QED) is 0.681. The van der Waals surface area contributed by atoms with E-state index in [0.717, 1.165) is 24.3 Å². The van der Waals surface area contributed by atoms with Crippen LogP contribution < -0.4 is 0 Å². The summed E-state index contributed by atoms with van der Waals surface area (Å²) in [5.74, 6) is -15.6. The first kappa shape index (κ1) is 15.4. The molecule has 2 aromatic rings. The van der Waals surface area contributed by atoms with Crippen LogP contribution in [0.2, 0.25) is 0 Å². The lowest BCUT2D eigenvalue weighted by Crippen LogP contribution is -2.50. The van der Waals surface area contributed by atoms with Gasteiger partial charge in [-0.3, -0.25) is 0 Å². The van der Waals surface area contributed by atoms with Crippen molar-refractivity contribution in [2.24, 2.45) is 0 Å². The molecule has 0 bridgehead atoms. The zero-order valence-electron chi connectivity index (χ0n) is 10.5. The van der Waals surface area contributed by atoms with Gasteiger partial charge >= 0.3 is 17.8 Å². The number of rotatable bonds is 4. The molecule has 0 aromatic heterocycles. The van der Waals surface area contributed by atoms with Gasteiger partial charge in [0.1, 0.15) is 0 Å². The highest BCUT2D eigenvalue weighted by Gasteiger charge is 2.72. The Morgan fingerprint density at radius 1 is 0.476 bits per heavy atom. The molecule has 0 spiro atoms. The molecule has 0 heterocycles. The van der Waals surface area contributed by atoms with Crippen molar-refractivity contribution in [3.05, 3.63) is 71.8 Å². The molecule has 0 saturated carbocycles. The van der Waals surface area contributed by atoms with Gasteiger partial charge in [-0.25, -0.2) is 0 Å². The Bertz CT molecular complexity index is 539. The van der Waals surface area contributed by atoms with E-state index in [9.17, 15) is 26.3 Å². The fourth-order valence-corrected chi connectivity index (χ4v) is 1.85. The summed E-state index contributed by atoms with van der Waals surface area (Å²) in [5.41, 5.74) is -2.32. The van der Waals surface area contributed by atoms with Crippen LogP contribution in [0.4, 0.5) is 26.3 Å². The molecule has 0 amide bonds. The number of benzene rings is 2. The smallest absolute Gasteiger partial charge is 0.194 e. The molecule has 0 aliphatic heterocycles. The van der Waals surface area contributed by atoms with Gasteiger partial charge in [-0.2, -0.15) is 26.3 Å². The van der Waals surface area contributed by atoms with Crippen LogP contribution in [-0.4, -0.2) is 5.92 Å². The minimum absolute atomic E-state index is 0.689. The summed E-state index contributed by atoms with van der Waals surface area (Å²) in [5, 5.41) is 0. The van der Waals surface area contributed by atoms with Crippen LogP contribution in [-0.2, 0) is 11.8 Å². The first-order valence-corrected chi connectivity index (χ1v) is 5.96. The predicted molar refractivity (Wildman–Crippen MR) is 65.6 cm³/mol. The van der Waals surface area contributed by atoms with E-state index in [2.05, 4.69) is 0 Å². The third kappa shape index (κ3) is 2.39. The normalized spacial score (nSPS) is 13.2. The monoisotopic (exact) mass is 304 g/mol. The van der Waals surface area contributed by atoms with Crippen molar-refractivity contribution >= 4 is 0 Å². The zero-order valence-corrected chi connectivity index (χ0v) is 10.5. The van der Waals surface area contributed by atoms with Crippen LogP contribution >= 0.6 is 0 Å². The molecule has 0 aliphatic carbocycles. The van der Waals surface area contributed by atoms with E-state index in [-0.39, 0.29) is 0 Å². The van der Waals surface area contributed by atoms with Crippen LogP contribution in [0.25, 0.3) is 0 Å². The molecule has 112 valence electrons. The average Bonchev–Trinajstić information content (AvgIpc) is 2.48. The Morgan fingerprint density at radius 2 is 0.762 bits per heavy atom. The van der Waals surface area contributed by atoms with Gasteiger partial charge in [-0.15, -0.1) is 0 Å². The first-order chi connectivity index (χ1) is 9.71. The molecule has 6 heteroatoms. The summed E-state index contributed by atoms with van der Waals surface area (Å²) >= 11 is 0. The first-order valence-electron chi connectivity index (χ1n) is 5.96. The highest BCUT2D eigenvalue weighted by Crippen LogP contribution is 2.55. The lowest BCUT2D eigenvalue weighted by Gasteiger charge is -2.33. The van der Waals surface area contributed by atoms with Crippen LogP contribution in [0, 0.1) is 0 Å². The molecule has 2 aromatic carbocycles. The standard InChI is InChI=1S/C15H10F6/c16-13(17,11-7-3-1-4-8-11)15(20,21)14(18,19)12-9-5-2-6-10-12/h1-10H. The Hall–Kier alpha value is -1.98. The lowest BCUT2D eigenvalue weighted by molar-refractivity contribution is -0.321. The van der Waals surface area contributed by atoms with Gasteiger partial charge in [0.05, 0.1) is 0 Å². The molecule has 0 N–H and O–H groups in total. The van der Waals surface area contributed by atoms with Crippen LogP contribution in [0.5, 0.6) is 0 Å². The van der Waals surface area contributed by atoms with Gasteiger partial charge in [0.15, 0.2) is 0 Å². The zero-order chi connectivity index (χ0) is 15.7. The second-order valence-electron chi connectivity index (χ2n) is 4.46. The molecule has 0 nitrogen and oxygen atoms in total. The molecule has 0 aliphatic rings. The fraction of sp³-hybridized carbons (Fsp3) is 0.200. The van der Waals surface area contributed by atoms with E-state index in [4.69, 9.17) is 0 Å². The van der Waals surface area contributed by atoms with Crippen molar-refractivity contribution in [2.75, 3.05) is 0 Å². The minimum atomic E-state index is -5.57. The van der Waals surface area contributed by atoms with Gasteiger partial charge in [0, 0.05) is 11.1 Å². The van der Waals surface area contributed by atoms with E-state index in [1.807, 2.05) is 0 Å². The Labute approximate surface area is 117 Å². The van der Waals surface area contributed by atoms with E-state index < -0.39 is 28.9 Å². The molecule has 21 heavy (non-hydrogen) atoms. The SMILES string of the molecule is FC(F)(c1ccccc1)C(F)(F)C(F)(F)c1ccccc1. The van der Waals surface area contributed by atoms with Crippen LogP contribution in [0.15, 0.2) is 60.7 Å². The van der Waals surface area contributed by atoms with Crippen molar-refractivity contribution in [1.82, 2.24) is 0 Å². The summed E-state index contributed by atoms with van der Waals surface area (Å²) in [6, 6.07) is 9.74. The number of alkyl halides is 6. The molecule has 0 saturated heterocycles. The van der Waals surface area contributed by atoms with E-state index in [0.29, 0.717) is 24.3 Å². The maximum absolute atomic E-state index is 13.9. The van der Waals surface area contributed by atoms with Crippen molar-refractivity contribution in [3.63, 3.8) is 0 Å². The summed E-state index contributed by atoms with van der Waals surface area (Å²) in [7, 11) is 0. The third-order valence-electron chi connectivity index (χ3n) is 3.06. The maximum atomic E-state index is 13.9. The second-order valence-corrected chi connectivity index (χ2v) is 4.46. The summed E-state index contributed by atoms with van der Waals surface area (Å²) in [6.45, 7) is 0. The molecule has 0 unspecified atom stereocenters. The molecular formula is C15H10F6. The average molecular weight is 304 g/mol. The number of halogens is 6. The Balaban J connectivity index is 2.50. The molecule has 0 radical (unpaired) electrons. The van der Waals surface area contributed by atoms with Gasteiger partial charge in [-0.1, -0.05) is 60.7 Å². The molecule has 2 rings (SSSR count). The lowest BCUT2D eigenvalue weighted by atomic mass is 9.93. The van der Waals surface area contributed by atoms with Gasteiger partial charge < -0.3 is 0 Å². The number of hydrogen-bond donors (Lipinski definition) is 0. The Morgan fingerprint density at radius 3 is 1.05 bits per heavy atom. The van der Waals surface area contributed by atoms with Gasteiger partial charge in [0.2, 0.25) is 0 Å². The molecule has 0 fully saturated rings. The topological polar surface area (TPSA) is 0 Å². The molecule has 0 atom stereocenters. The fourth-order valence-electron chi connectivity index (χ4n) is 1.85. The summed E-state index contributed by atoms with van der Waals surface area (Å²) < 4.78 is 83.2. The second kappa shape index (κ2) is 5.09. The van der Waals surface area contributed by atoms with E-state index in [1.165, 1.54) is 12.1 Å². The van der Waals surface area contributed by atoms with E-state index in [1.54, 1.807) is 0 Å². The van der Waals surface area contributed by atoms with Crippen molar-refractivity contribution < 1.29 is 26.3 Å². The maximum Gasteiger partial charge on any atom is 0.380 e. The van der Waals surface area contributed by atoms with Crippen molar-refractivity contribution in [3.8, 4) is 0 Å². The summed E-state index contributed by atoms with van der Waals surface area (Å²) in [4.78, 5) is 0. The predicted octanol–water partition coefficient (Wildman–Crippen LogP) is 5.21. The molecular weight excluding hydrogens is 294 g/mol. The summed E-state index contributed by atoms with van der Waals surface area (Å²) in [6.07, 6.45) is 0. The number of hydrogen-bond acceptors (Lipinski definition) is 0. The van der Waals surface area contributed by atoms with Gasteiger partial charge in [-0.05, 0) is 0 Å². The van der Waals surface area contributed by atoms with Crippen LogP contribution in [0.3, 0.4) is 0 Å². The Kier molecular flexibility index (Phi) is 3.74. The highest BCUT2D eigenvalue weighted by molar-refractivity contribution is 5.29. The third-order valence-corrected chi connectivity index (χ3v) is 3.06. The highest BCUT2D eigenvalue weighted by atomic mass is 19.3. The van der Waals surface area contributed by atoms with Crippen molar-refractivity contribution in [1.29, 1.82) is 0 Å². The largest absolute Gasteiger partial charge is 0.380 e.